The fourth-order valence-electron chi connectivity index (χ4n) is 1.82. The smallest absolute Gasteiger partial charge is 0.320 e. The van der Waals surface area contributed by atoms with Gasteiger partial charge in [0.15, 0.2) is 0 Å². The number of esters is 1. The van der Waals surface area contributed by atoms with E-state index in [9.17, 15) is 14.9 Å². The summed E-state index contributed by atoms with van der Waals surface area (Å²) in [7, 11) is 0. The largest absolute Gasteiger partial charge is 0.459 e. The van der Waals surface area contributed by atoms with Gasteiger partial charge in [0.1, 0.15) is 5.60 Å². The van der Waals surface area contributed by atoms with Gasteiger partial charge in [-0.05, 0) is 40.2 Å². The van der Waals surface area contributed by atoms with Crippen molar-refractivity contribution in [2.24, 2.45) is 0 Å². The molecule has 116 valence electrons. The molecule has 0 saturated carbocycles. The molecule has 0 saturated heterocycles. The van der Waals surface area contributed by atoms with E-state index in [0.717, 1.165) is 5.56 Å². The number of hydrogen-bond donors (Lipinski definition) is 1. The molecule has 0 aliphatic heterocycles. The molecule has 6 heteroatoms. The molecular weight excluding hydrogens is 272 g/mol. The number of hydrogen-bond acceptors (Lipinski definition) is 5. The van der Waals surface area contributed by atoms with Gasteiger partial charge in [-0.25, -0.2) is 0 Å². The third-order valence-corrected chi connectivity index (χ3v) is 2.90. The van der Waals surface area contributed by atoms with Gasteiger partial charge in [-0.1, -0.05) is 12.1 Å². The molecule has 1 unspecified atom stereocenters. The molecule has 0 amide bonds. The molecule has 0 spiro atoms. The highest BCUT2D eigenvalue weighted by Gasteiger charge is 2.18. The summed E-state index contributed by atoms with van der Waals surface area (Å²) in [4.78, 5) is 22.2. The number of ether oxygens (including phenoxy) is 1. The number of rotatable bonds is 5. The number of nitro groups is 1. The summed E-state index contributed by atoms with van der Waals surface area (Å²) in [6, 6.07) is 4.87. The first kappa shape index (κ1) is 17.1. The van der Waals surface area contributed by atoms with Crippen LogP contribution in [0.15, 0.2) is 18.2 Å². The maximum Gasteiger partial charge on any atom is 0.320 e. The minimum absolute atomic E-state index is 0.0557. The summed E-state index contributed by atoms with van der Waals surface area (Å²) in [5.41, 5.74) is 0.933. The molecule has 0 aliphatic carbocycles. The minimum Gasteiger partial charge on any atom is -0.459 e. The molecule has 0 bridgehead atoms. The van der Waals surface area contributed by atoms with E-state index >= 15 is 0 Å². The number of nitrogens with one attached hydrogen (secondary N) is 1. The molecule has 0 heterocycles. The van der Waals surface area contributed by atoms with Crippen molar-refractivity contribution in [3.05, 3.63) is 39.4 Å². The van der Waals surface area contributed by atoms with Crippen LogP contribution in [-0.4, -0.2) is 23.0 Å². The SMILES string of the molecule is Cc1ccc(C(C)NCC(=O)OC(C)(C)C)cc1[N+](=O)[O-]. The third kappa shape index (κ3) is 5.51. The lowest BCUT2D eigenvalue weighted by atomic mass is 10.0. The van der Waals surface area contributed by atoms with Crippen LogP contribution in [0.2, 0.25) is 0 Å². The Kier molecular flexibility index (Phi) is 5.43. The molecular formula is C15H22N2O4. The van der Waals surface area contributed by atoms with E-state index in [1.807, 2.05) is 13.0 Å². The Hall–Kier alpha value is -1.95. The number of aryl methyl sites for hydroxylation is 1. The van der Waals surface area contributed by atoms with Crippen molar-refractivity contribution in [2.45, 2.75) is 46.3 Å². The average molecular weight is 294 g/mol. The molecule has 6 nitrogen and oxygen atoms in total. The summed E-state index contributed by atoms with van der Waals surface area (Å²) in [5.74, 6) is -0.351. The van der Waals surface area contributed by atoms with Gasteiger partial charge in [-0.15, -0.1) is 0 Å². The van der Waals surface area contributed by atoms with Crippen LogP contribution in [0.25, 0.3) is 0 Å². The summed E-state index contributed by atoms with van der Waals surface area (Å²) in [6.07, 6.45) is 0. The van der Waals surface area contributed by atoms with Gasteiger partial charge in [0.25, 0.3) is 5.69 Å². The second-order valence-electron chi connectivity index (χ2n) is 5.99. The number of benzene rings is 1. The Morgan fingerprint density at radius 2 is 2.05 bits per heavy atom. The van der Waals surface area contributed by atoms with Gasteiger partial charge in [-0.3, -0.25) is 14.9 Å². The normalized spacial score (nSPS) is 12.8. The number of nitro benzene ring substituents is 1. The quantitative estimate of drug-likeness (QED) is 0.513. The van der Waals surface area contributed by atoms with E-state index in [-0.39, 0.29) is 24.2 Å². The van der Waals surface area contributed by atoms with Crippen LogP contribution < -0.4 is 5.32 Å². The highest BCUT2D eigenvalue weighted by molar-refractivity contribution is 5.72. The first-order valence-corrected chi connectivity index (χ1v) is 6.80. The Morgan fingerprint density at radius 1 is 1.43 bits per heavy atom. The topological polar surface area (TPSA) is 81.5 Å². The second-order valence-corrected chi connectivity index (χ2v) is 5.99. The van der Waals surface area contributed by atoms with Gasteiger partial charge in [-0.2, -0.15) is 0 Å². The lowest BCUT2D eigenvalue weighted by Gasteiger charge is -2.21. The van der Waals surface area contributed by atoms with Gasteiger partial charge >= 0.3 is 5.97 Å². The van der Waals surface area contributed by atoms with Crippen LogP contribution in [0.5, 0.6) is 0 Å². The zero-order chi connectivity index (χ0) is 16.2. The maximum atomic E-state index is 11.6. The molecule has 1 atom stereocenters. The fourth-order valence-corrected chi connectivity index (χ4v) is 1.82. The van der Waals surface area contributed by atoms with Gasteiger partial charge in [0, 0.05) is 17.7 Å². The molecule has 0 radical (unpaired) electrons. The highest BCUT2D eigenvalue weighted by Crippen LogP contribution is 2.23. The number of carbonyl (C=O) groups excluding carboxylic acids is 1. The summed E-state index contributed by atoms with van der Waals surface area (Å²) >= 11 is 0. The zero-order valence-electron chi connectivity index (χ0n) is 13.1. The molecule has 1 aromatic rings. The third-order valence-electron chi connectivity index (χ3n) is 2.90. The first-order valence-electron chi connectivity index (χ1n) is 6.80. The fraction of sp³-hybridized carbons (Fsp3) is 0.533. The average Bonchev–Trinajstić information content (AvgIpc) is 2.34. The van der Waals surface area contributed by atoms with E-state index in [0.29, 0.717) is 5.56 Å². The molecule has 0 fully saturated rings. The van der Waals surface area contributed by atoms with Gasteiger partial charge < -0.3 is 10.1 Å². The Morgan fingerprint density at radius 3 is 2.57 bits per heavy atom. The van der Waals surface area contributed by atoms with Crippen molar-refractivity contribution in [1.82, 2.24) is 5.32 Å². The Balaban J connectivity index is 2.68. The van der Waals surface area contributed by atoms with Crippen molar-refractivity contribution >= 4 is 11.7 Å². The summed E-state index contributed by atoms with van der Waals surface area (Å²) < 4.78 is 5.20. The van der Waals surface area contributed by atoms with E-state index in [1.165, 1.54) is 6.07 Å². The van der Waals surface area contributed by atoms with Gasteiger partial charge in [0.05, 0.1) is 11.5 Å². The Bertz CT molecular complexity index is 535. The zero-order valence-corrected chi connectivity index (χ0v) is 13.1. The van der Waals surface area contributed by atoms with Crippen LogP contribution in [0.4, 0.5) is 5.69 Å². The molecule has 1 N–H and O–H groups in total. The van der Waals surface area contributed by atoms with E-state index in [4.69, 9.17) is 4.74 Å². The molecule has 1 aromatic carbocycles. The van der Waals surface area contributed by atoms with Crippen LogP contribution in [-0.2, 0) is 9.53 Å². The minimum atomic E-state index is -0.523. The highest BCUT2D eigenvalue weighted by atomic mass is 16.6. The lowest BCUT2D eigenvalue weighted by molar-refractivity contribution is -0.385. The maximum absolute atomic E-state index is 11.6. The molecule has 0 aromatic heterocycles. The second kappa shape index (κ2) is 6.67. The lowest BCUT2D eigenvalue weighted by Crippen LogP contribution is -2.32. The van der Waals surface area contributed by atoms with E-state index < -0.39 is 10.5 Å². The van der Waals surface area contributed by atoms with Crippen molar-refractivity contribution in [1.29, 1.82) is 0 Å². The first-order chi connectivity index (χ1) is 9.60. The molecule has 0 aliphatic rings. The van der Waals surface area contributed by atoms with Gasteiger partial charge in [0.2, 0.25) is 0 Å². The molecule has 1 rings (SSSR count). The van der Waals surface area contributed by atoms with Crippen LogP contribution >= 0.6 is 0 Å². The van der Waals surface area contributed by atoms with Crippen molar-refractivity contribution in [3.8, 4) is 0 Å². The van der Waals surface area contributed by atoms with Crippen molar-refractivity contribution < 1.29 is 14.5 Å². The number of carbonyl (C=O) groups is 1. The van der Waals surface area contributed by atoms with Crippen LogP contribution in [0, 0.1) is 17.0 Å². The number of nitrogens with zero attached hydrogens (tertiary/aromatic N) is 1. The predicted molar refractivity (Wildman–Crippen MR) is 80.1 cm³/mol. The van der Waals surface area contributed by atoms with E-state index in [2.05, 4.69) is 5.32 Å². The standard InChI is InChI=1S/C15H22N2O4/c1-10-6-7-12(8-13(10)17(19)20)11(2)16-9-14(18)21-15(3,4)5/h6-8,11,16H,9H2,1-5H3. The van der Waals surface area contributed by atoms with Crippen molar-refractivity contribution in [3.63, 3.8) is 0 Å². The van der Waals surface area contributed by atoms with Crippen LogP contribution in [0.1, 0.15) is 44.9 Å². The monoisotopic (exact) mass is 294 g/mol. The molecule has 21 heavy (non-hydrogen) atoms. The summed E-state index contributed by atoms with van der Waals surface area (Å²) in [6.45, 7) is 9.01. The summed E-state index contributed by atoms with van der Waals surface area (Å²) in [5, 5.41) is 13.9. The van der Waals surface area contributed by atoms with E-state index in [1.54, 1.807) is 33.8 Å². The van der Waals surface area contributed by atoms with Crippen LogP contribution in [0.3, 0.4) is 0 Å². The Labute approximate surface area is 124 Å². The van der Waals surface area contributed by atoms with Crippen molar-refractivity contribution in [2.75, 3.05) is 6.54 Å². The predicted octanol–water partition coefficient (Wildman–Crippen LogP) is 2.90.